The van der Waals surface area contributed by atoms with E-state index in [0.717, 1.165) is 0 Å². The van der Waals surface area contributed by atoms with E-state index in [4.69, 9.17) is 18.7 Å². The van der Waals surface area contributed by atoms with Gasteiger partial charge in [-0.25, -0.2) is 14.8 Å². The van der Waals surface area contributed by atoms with E-state index in [0.29, 0.717) is 53.6 Å². The number of likely N-dealkylation sites (tertiary alicyclic amines) is 1. The maximum absolute atomic E-state index is 12.6. The van der Waals surface area contributed by atoms with Crippen LogP contribution in [0, 0.1) is 0 Å². The Balaban J connectivity index is 1.39. The number of carbonyl (C=O) groups is 1. The molecule has 4 rings (SSSR count). The Bertz CT molecular complexity index is 1010. The molecule has 3 heterocycles. The summed E-state index contributed by atoms with van der Waals surface area (Å²) in [5.41, 5.74) is 0.527. The number of ether oxygens (including phenoxy) is 3. The van der Waals surface area contributed by atoms with Crippen LogP contribution in [0.15, 0.2) is 35.1 Å². The number of amides is 2. The summed E-state index contributed by atoms with van der Waals surface area (Å²) in [6.07, 6.45) is 3.22. The highest BCUT2D eigenvalue weighted by atomic mass is 16.5. The van der Waals surface area contributed by atoms with Gasteiger partial charge in [0.05, 0.1) is 32.9 Å². The molecule has 1 aromatic carbocycles. The van der Waals surface area contributed by atoms with E-state index < -0.39 is 0 Å². The molecule has 1 aliphatic rings. The number of hydrogen-bond donors (Lipinski definition) is 1. The minimum Gasteiger partial charge on any atom is -0.493 e. The highest BCUT2D eigenvalue weighted by Crippen LogP contribution is 2.40. The lowest BCUT2D eigenvalue weighted by atomic mass is 10.0. The Morgan fingerprint density at radius 1 is 1.07 bits per heavy atom. The first kappa shape index (κ1) is 19.4. The first-order valence-corrected chi connectivity index (χ1v) is 9.09. The van der Waals surface area contributed by atoms with E-state index in [1.165, 1.54) is 21.3 Å². The number of methoxy groups -OCH3 is 3. The van der Waals surface area contributed by atoms with Crippen LogP contribution >= 0.6 is 0 Å². The quantitative estimate of drug-likeness (QED) is 0.648. The van der Waals surface area contributed by atoms with E-state index in [1.54, 1.807) is 35.5 Å². The average Bonchev–Trinajstić information content (AvgIpc) is 3.22. The van der Waals surface area contributed by atoms with Crippen molar-refractivity contribution in [1.29, 1.82) is 0 Å². The zero-order valence-corrected chi connectivity index (χ0v) is 16.7. The molecule has 1 fully saturated rings. The van der Waals surface area contributed by atoms with Crippen LogP contribution in [0.5, 0.6) is 17.2 Å². The van der Waals surface area contributed by atoms with Crippen molar-refractivity contribution in [3.05, 3.63) is 36.5 Å². The smallest absolute Gasteiger partial charge is 0.321 e. The minimum atomic E-state index is -0.258. The summed E-state index contributed by atoms with van der Waals surface area (Å²) >= 11 is 0. The molecule has 0 saturated carbocycles. The van der Waals surface area contributed by atoms with Crippen LogP contribution in [0.25, 0.3) is 11.6 Å². The largest absolute Gasteiger partial charge is 0.493 e. The monoisotopic (exact) mass is 412 g/mol. The van der Waals surface area contributed by atoms with E-state index in [9.17, 15) is 4.79 Å². The number of anilines is 1. The SMILES string of the molecule is COc1cc(NC(=O)N2CC(c3nc(-c4ncccn4)no3)C2)cc(OC)c1OC. The summed E-state index contributed by atoms with van der Waals surface area (Å²) in [5.74, 6) is 2.49. The number of aromatic nitrogens is 4. The number of hydrogen-bond acceptors (Lipinski definition) is 9. The second-order valence-electron chi connectivity index (χ2n) is 6.47. The molecule has 0 aliphatic carbocycles. The van der Waals surface area contributed by atoms with E-state index >= 15 is 0 Å². The molecule has 2 amide bonds. The first-order chi connectivity index (χ1) is 14.6. The van der Waals surface area contributed by atoms with Gasteiger partial charge < -0.3 is 29.0 Å². The normalized spacial score (nSPS) is 13.5. The van der Waals surface area contributed by atoms with Crippen LogP contribution in [0.1, 0.15) is 11.8 Å². The number of rotatable bonds is 6. The molecule has 0 radical (unpaired) electrons. The maximum atomic E-state index is 12.6. The molecule has 3 aromatic rings. The first-order valence-electron chi connectivity index (χ1n) is 9.09. The van der Waals surface area contributed by atoms with Crippen molar-refractivity contribution in [2.75, 3.05) is 39.7 Å². The molecule has 1 saturated heterocycles. The molecule has 1 aliphatic heterocycles. The summed E-state index contributed by atoms with van der Waals surface area (Å²) in [5, 5.41) is 6.74. The zero-order valence-electron chi connectivity index (χ0n) is 16.7. The number of carbonyl (C=O) groups excluding carboxylic acids is 1. The Kier molecular flexibility index (Phi) is 5.33. The third-order valence-electron chi connectivity index (χ3n) is 4.64. The van der Waals surface area contributed by atoms with Crippen LogP contribution in [0.3, 0.4) is 0 Å². The standard InChI is InChI=1S/C19H20N6O5/c1-27-13-7-12(8-14(28-2)15(13)29-3)22-19(26)25-9-11(10-25)18-23-17(24-30-18)16-20-5-4-6-21-16/h4-8,11H,9-10H2,1-3H3,(H,22,26). The summed E-state index contributed by atoms with van der Waals surface area (Å²) in [6.45, 7) is 0.904. The van der Waals surface area contributed by atoms with Crippen molar-refractivity contribution in [2.45, 2.75) is 5.92 Å². The average molecular weight is 412 g/mol. The zero-order chi connectivity index (χ0) is 21.1. The summed E-state index contributed by atoms with van der Waals surface area (Å²) in [7, 11) is 4.55. The lowest BCUT2D eigenvalue weighted by Crippen LogP contribution is -2.50. The van der Waals surface area contributed by atoms with Gasteiger partial charge in [-0.1, -0.05) is 5.16 Å². The highest BCUT2D eigenvalue weighted by molar-refractivity contribution is 5.91. The molecule has 1 N–H and O–H groups in total. The lowest BCUT2D eigenvalue weighted by Gasteiger charge is -2.36. The Morgan fingerprint density at radius 3 is 2.33 bits per heavy atom. The summed E-state index contributed by atoms with van der Waals surface area (Å²) in [4.78, 5) is 26.7. The van der Waals surface area contributed by atoms with Crippen LogP contribution in [0.4, 0.5) is 10.5 Å². The van der Waals surface area contributed by atoms with Gasteiger partial charge in [0, 0.05) is 37.6 Å². The topological polar surface area (TPSA) is 125 Å². The Hall–Kier alpha value is -3.89. The highest BCUT2D eigenvalue weighted by Gasteiger charge is 2.36. The molecule has 156 valence electrons. The number of urea groups is 1. The van der Waals surface area contributed by atoms with Crippen LogP contribution in [0.2, 0.25) is 0 Å². The second kappa shape index (κ2) is 8.23. The Morgan fingerprint density at radius 2 is 1.73 bits per heavy atom. The van der Waals surface area contributed by atoms with Gasteiger partial charge in [0.2, 0.25) is 23.3 Å². The van der Waals surface area contributed by atoms with Crippen LogP contribution in [-0.2, 0) is 0 Å². The molecule has 11 nitrogen and oxygen atoms in total. The van der Waals surface area contributed by atoms with Gasteiger partial charge in [0.15, 0.2) is 11.5 Å². The second-order valence-corrected chi connectivity index (χ2v) is 6.47. The number of nitrogens with one attached hydrogen (secondary N) is 1. The van der Waals surface area contributed by atoms with Crippen molar-refractivity contribution < 1.29 is 23.5 Å². The van der Waals surface area contributed by atoms with Gasteiger partial charge in [0.1, 0.15) is 0 Å². The summed E-state index contributed by atoms with van der Waals surface area (Å²) < 4.78 is 21.2. The van der Waals surface area contributed by atoms with Gasteiger partial charge in [-0.3, -0.25) is 0 Å². The molecule has 0 bridgehead atoms. The summed E-state index contributed by atoms with van der Waals surface area (Å²) in [6, 6.07) is 4.79. The van der Waals surface area contributed by atoms with Crippen LogP contribution < -0.4 is 19.5 Å². The van der Waals surface area contributed by atoms with Crippen molar-refractivity contribution in [3.63, 3.8) is 0 Å². The Labute approximate surface area is 172 Å². The van der Waals surface area contributed by atoms with Crippen molar-refractivity contribution in [1.82, 2.24) is 25.0 Å². The van der Waals surface area contributed by atoms with Gasteiger partial charge in [-0.15, -0.1) is 0 Å². The molecule has 0 atom stereocenters. The molecule has 0 unspecified atom stereocenters. The van der Waals surface area contributed by atoms with Crippen molar-refractivity contribution in [3.8, 4) is 28.9 Å². The van der Waals surface area contributed by atoms with Gasteiger partial charge in [-0.2, -0.15) is 4.98 Å². The van der Waals surface area contributed by atoms with Gasteiger partial charge in [0.25, 0.3) is 0 Å². The van der Waals surface area contributed by atoms with E-state index in [2.05, 4.69) is 25.4 Å². The third-order valence-corrected chi connectivity index (χ3v) is 4.64. The predicted molar refractivity (Wildman–Crippen MR) is 105 cm³/mol. The fourth-order valence-electron chi connectivity index (χ4n) is 3.06. The fourth-order valence-corrected chi connectivity index (χ4v) is 3.06. The predicted octanol–water partition coefficient (Wildman–Crippen LogP) is 2.18. The van der Waals surface area contributed by atoms with Crippen LogP contribution in [-0.4, -0.2) is 65.5 Å². The molecule has 11 heteroatoms. The van der Waals surface area contributed by atoms with E-state index in [-0.39, 0.29) is 11.9 Å². The van der Waals surface area contributed by atoms with E-state index in [1.807, 2.05) is 0 Å². The van der Waals surface area contributed by atoms with Crippen molar-refractivity contribution >= 4 is 11.7 Å². The molecular weight excluding hydrogens is 392 g/mol. The minimum absolute atomic E-state index is 0.0411. The molecule has 30 heavy (non-hydrogen) atoms. The number of nitrogens with zero attached hydrogens (tertiary/aromatic N) is 5. The fraction of sp³-hybridized carbons (Fsp3) is 0.316. The third kappa shape index (κ3) is 3.69. The molecular formula is C19H20N6O5. The molecule has 2 aromatic heterocycles. The van der Waals surface area contributed by atoms with Gasteiger partial charge in [-0.05, 0) is 6.07 Å². The lowest BCUT2D eigenvalue weighted by molar-refractivity contribution is 0.147. The van der Waals surface area contributed by atoms with Gasteiger partial charge >= 0.3 is 6.03 Å². The maximum Gasteiger partial charge on any atom is 0.321 e. The van der Waals surface area contributed by atoms with Crippen molar-refractivity contribution in [2.24, 2.45) is 0 Å². The molecule has 0 spiro atoms. The number of benzene rings is 1.